The Balaban J connectivity index is 0.890. The van der Waals surface area contributed by atoms with Crippen LogP contribution in [0.15, 0.2) is 93.9 Å². The van der Waals surface area contributed by atoms with Crippen molar-refractivity contribution >= 4 is 62.3 Å². The molecule has 0 aliphatic carbocycles. The van der Waals surface area contributed by atoms with Gasteiger partial charge in [-0.05, 0) is 102 Å². The molecule has 2 N–H and O–H groups in total. The quantitative estimate of drug-likeness (QED) is 0.0836. The number of ether oxygens (including phenoxy) is 2. The first-order valence-electron chi connectivity index (χ1n) is 23.9. The summed E-state index contributed by atoms with van der Waals surface area (Å²) in [6.07, 6.45) is 4.69. The van der Waals surface area contributed by atoms with Crippen LogP contribution in [-0.2, 0) is 28.7 Å². The second-order valence-electron chi connectivity index (χ2n) is 19.6. The summed E-state index contributed by atoms with van der Waals surface area (Å²) >= 11 is 5.39. The van der Waals surface area contributed by atoms with Gasteiger partial charge in [0.05, 0.1) is 52.5 Å². The van der Waals surface area contributed by atoms with Crippen molar-refractivity contribution in [3.63, 3.8) is 0 Å². The molecule has 2 saturated heterocycles. The van der Waals surface area contributed by atoms with Crippen LogP contribution in [0.5, 0.6) is 0 Å². The number of nitrogens with zero attached hydrogens (tertiary/aromatic N) is 7. The number of halogens is 1. The summed E-state index contributed by atoms with van der Waals surface area (Å²) in [5.41, 5.74) is 11.0. The summed E-state index contributed by atoms with van der Waals surface area (Å²) in [5.74, 6) is -0.994. The first-order valence-corrected chi connectivity index (χ1v) is 25.5. The van der Waals surface area contributed by atoms with Crippen LogP contribution in [0.25, 0.3) is 27.3 Å². The van der Waals surface area contributed by atoms with Crippen LogP contribution in [0.4, 0.5) is 11.4 Å². The topological polar surface area (TPSA) is 177 Å². The smallest absolute Gasteiger partial charge is 0.302 e. The molecule has 16 nitrogen and oxygen atoms in total. The van der Waals surface area contributed by atoms with Gasteiger partial charge in [-0.2, -0.15) is 0 Å². The normalized spacial score (nSPS) is 17.1. The molecule has 2 aliphatic rings. The predicted molar refractivity (Wildman–Crippen MR) is 277 cm³/mol. The number of imidazole rings is 1. The molecule has 3 amide bonds. The Morgan fingerprint density at radius 2 is 1.69 bits per heavy atom. The maximum absolute atomic E-state index is 14.5. The first kappa shape index (κ1) is 51.2. The van der Waals surface area contributed by atoms with E-state index in [9.17, 15) is 19.2 Å². The molecular weight excluding hydrogens is 987 g/mol. The molecule has 6 aromatic rings. The summed E-state index contributed by atoms with van der Waals surface area (Å²) in [5, 5.41) is 10.2. The Hall–Kier alpha value is -6.21. The average Bonchev–Trinajstić information content (AvgIpc) is 4.15. The molecule has 0 bridgehead atoms. The molecule has 4 atom stereocenters. The van der Waals surface area contributed by atoms with Crippen LogP contribution in [0.1, 0.15) is 75.4 Å². The highest BCUT2D eigenvalue weighted by atomic mass is 79.9. The second kappa shape index (κ2) is 21.6. The van der Waals surface area contributed by atoms with E-state index in [1.807, 2.05) is 89.0 Å². The van der Waals surface area contributed by atoms with E-state index >= 15 is 0 Å². The number of aryl methyl sites for hydroxylation is 4. The molecular formula is C53H62BrN9O7S. The zero-order chi connectivity index (χ0) is 50.7. The molecule has 3 aromatic heterocycles. The van der Waals surface area contributed by atoms with Crippen LogP contribution in [-0.4, -0.2) is 117 Å². The number of likely N-dealkylation sites (tertiary alicyclic amines) is 2. The van der Waals surface area contributed by atoms with E-state index < -0.39 is 41.4 Å². The molecule has 18 heteroatoms. The molecule has 71 heavy (non-hydrogen) atoms. The van der Waals surface area contributed by atoms with Gasteiger partial charge in [-0.3, -0.25) is 24.1 Å². The Kier molecular flexibility index (Phi) is 15.6. The van der Waals surface area contributed by atoms with Gasteiger partial charge in [0.25, 0.3) is 0 Å². The third-order valence-corrected chi connectivity index (χ3v) is 14.9. The minimum atomic E-state index is -0.998. The van der Waals surface area contributed by atoms with Crippen molar-refractivity contribution in [1.29, 1.82) is 0 Å². The van der Waals surface area contributed by atoms with Crippen molar-refractivity contribution in [1.82, 2.24) is 40.1 Å². The Morgan fingerprint density at radius 1 is 0.944 bits per heavy atom. The number of rotatable bonds is 17. The fourth-order valence-electron chi connectivity index (χ4n) is 9.38. The Labute approximate surface area is 427 Å². The maximum Gasteiger partial charge on any atom is 0.302 e. The highest BCUT2D eigenvalue weighted by Crippen LogP contribution is 2.38. The molecule has 0 spiro atoms. The number of carbonyl (C=O) groups excluding carboxylic acids is 4. The van der Waals surface area contributed by atoms with E-state index in [1.165, 1.54) is 11.8 Å². The molecule has 0 unspecified atom stereocenters. The van der Waals surface area contributed by atoms with E-state index in [-0.39, 0.29) is 37.6 Å². The van der Waals surface area contributed by atoms with Gasteiger partial charge in [0, 0.05) is 73.3 Å². The highest BCUT2D eigenvalue weighted by Gasteiger charge is 2.46. The van der Waals surface area contributed by atoms with E-state index in [2.05, 4.69) is 94.8 Å². The summed E-state index contributed by atoms with van der Waals surface area (Å²) in [7, 11) is 0. The number of hydrogen-bond acceptors (Lipinski definition) is 13. The lowest BCUT2D eigenvalue weighted by Gasteiger charge is -2.40. The van der Waals surface area contributed by atoms with E-state index in [0.29, 0.717) is 19.6 Å². The zero-order valence-corrected chi connectivity index (χ0v) is 44.1. The van der Waals surface area contributed by atoms with Crippen molar-refractivity contribution in [2.45, 2.75) is 99.1 Å². The van der Waals surface area contributed by atoms with Crippen LogP contribution < -0.4 is 15.5 Å². The number of benzene rings is 3. The number of anilines is 2. The van der Waals surface area contributed by atoms with Gasteiger partial charge in [0.2, 0.25) is 17.7 Å². The molecule has 2 aliphatic heterocycles. The number of esters is 1. The zero-order valence-electron chi connectivity index (χ0n) is 41.7. The summed E-state index contributed by atoms with van der Waals surface area (Å²) in [4.78, 5) is 70.0. The standard InChI is InChI=1S/C53H62BrN9O7S/c1-31-10-11-39(48-33(3)59-70-35(48)5)22-45(31)62(40-16-17-44(43(54)23-40)61-19-18-55-29-61)21-20-60-25-42(26-60)68-28-47(65)58-50(53(7,8)9)52(67)63-27-41(69-36(6)64)24-46(63)51(66)57-32(2)37-12-14-38(15-13-37)49-34(4)56-30-71-49/h10-19,22-23,29-30,32,41-42,46,50H,20-21,24-28H2,1-9H3,(H,57,66)(H,58,65)/t32-,41+,46-,50+/m0/s1. The molecule has 5 heterocycles. The number of hydrogen-bond donors (Lipinski definition) is 2. The van der Waals surface area contributed by atoms with E-state index in [1.54, 1.807) is 23.9 Å². The number of carbonyl (C=O) groups is 4. The number of thiazole rings is 1. The predicted octanol–water partition coefficient (Wildman–Crippen LogP) is 8.43. The first-order chi connectivity index (χ1) is 33.8. The van der Waals surface area contributed by atoms with Crippen molar-refractivity contribution in [3.8, 4) is 27.3 Å². The maximum atomic E-state index is 14.5. The van der Waals surface area contributed by atoms with Gasteiger partial charge in [0.1, 0.15) is 30.6 Å². The van der Waals surface area contributed by atoms with Gasteiger partial charge in [0.15, 0.2) is 0 Å². The highest BCUT2D eigenvalue weighted by molar-refractivity contribution is 9.10. The molecule has 0 radical (unpaired) electrons. The minimum Gasteiger partial charge on any atom is -0.461 e. The van der Waals surface area contributed by atoms with Crippen LogP contribution in [0.2, 0.25) is 0 Å². The lowest BCUT2D eigenvalue weighted by atomic mass is 9.85. The molecule has 0 saturated carbocycles. The molecule has 3 aromatic carbocycles. The van der Waals surface area contributed by atoms with Crippen molar-refractivity contribution < 1.29 is 33.2 Å². The molecule has 374 valence electrons. The van der Waals surface area contributed by atoms with Gasteiger partial charge < -0.3 is 39.0 Å². The average molecular weight is 1050 g/mol. The van der Waals surface area contributed by atoms with Crippen molar-refractivity contribution in [2.24, 2.45) is 5.41 Å². The number of nitrogens with one attached hydrogen (secondary N) is 2. The molecule has 2 fully saturated rings. The monoisotopic (exact) mass is 1050 g/mol. The lowest BCUT2D eigenvalue weighted by molar-refractivity contribution is -0.148. The van der Waals surface area contributed by atoms with Crippen molar-refractivity contribution in [2.75, 3.05) is 44.2 Å². The fraction of sp³-hybridized carbons (Fsp3) is 0.415. The Morgan fingerprint density at radius 3 is 2.32 bits per heavy atom. The van der Waals surface area contributed by atoms with Crippen LogP contribution >= 0.6 is 27.3 Å². The van der Waals surface area contributed by atoms with E-state index in [4.69, 9.17) is 14.0 Å². The second-order valence-corrected chi connectivity index (χ2v) is 21.3. The third-order valence-electron chi connectivity index (χ3n) is 13.2. The largest absolute Gasteiger partial charge is 0.461 e. The number of aromatic nitrogens is 4. The van der Waals surface area contributed by atoms with Gasteiger partial charge in [-0.25, -0.2) is 9.97 Å². The van der Waals surface area contributed by atoms with Crippen molar-refractivity contribution in [3.05, 3.63) is 118 Å². The summed E-state index contributed by atoms with van der Waals surface area (Å²) in [6, 6.07) is 18.4. The summed E-state index contributed by atoms with van der Waals surface area (Å²) in [6.45, 7) is 19.1. The van der Waals surface area contributed by atoms with Crippen LogP contribution in [0.3, 0.4) is 0 Å². The number of amides is 3. The van der Waals surface area contributed by atoms with Gasteiger partial charge in [-0.15, -0.1) is 11.3 Å². The molecule has 8 rings (SSSR count). The lowest BCUT2D eigenvalue weighted by Crippen LogP contribution is -2.59. The van der Waals surface area contributed by atoms with E-state index in [0.717, 1.165) is 77.9 Å². The van der Waals surface area contributed by atoms with Gasteiger partial charge in [-0.1, -0.05) is 62.3 Å². The SMILES string of the molecule is CC(=O)O[C@@H]1C[C@@H](C(=O)N[C@@H](C)c2ccc(-c3scnc3C)cc2)N(C(=O)[C@@H](NC(=O)COC2CN(CCN(c3ccc(-n4ccnc4)c(Br)c3)c3cc(-c4c(C)noc4C)ccc3C)C2)C(C)(C)C)C1. The fourth-order valence-corrected chi connectivity index (χ4v) is 10.8. The minimum absolute atomic E-state index is 0.0162. The van der Waals surface area contributed by atoms with Crippen LogP contribution in [0, 0.1) is 33.1 Å². The Bertz CT molecular complexity index is 2850. The third kappa shape index (κ3) is 11.8. The van der Waals surface area contributed by atoms with Gasteiger partial charge >= 0.3 is 5.97 Å². The summed E-state index contributed by atoms with van der Waals surface area (Å²) < 4.78 is 20.1.